The van der Waals surface area contributed by atoms with E-state index >= 15 is 0 Å². The third-order valence-corrected chi connectivity index (χ3v) is 11.2. The fourth-order valence-corrected chi connectivity index (χ4v) is 9.32. The molecular weight excluding hydrogens is 633 g/mol. The van der Waals surface area contributed by atoms with Crippen LogP contribution in [0.2, 0.25) is 0 Å². The minimum Gasteiger partial charge on any atom is -0.463 e. The summed E-state index contributed by atoms with van der Waals surface area (Å²) in [5.41, 5.74) is 0.218. The molecule has 0 aliphatic carbocycles. The van der Waals surface area contributed by atoms with Gasteiger partial charge in [-0.3, -0.25) is 4.79 Å². The number of thioether (sulfide) groups is 1. The first-order chi connectivity index (χ1) is 22.0. The largest absolute Gasteiger partial charge is 0.463 e. The van der Waals surface area contributed by atoms with Gasteiger partial charge >= 0.3 is 18.0 Å². The third kappa shape index (κ3) is 6.34. The zero-order chi connectivity index (χ0) is 33.3. The molecule has 1 N–H and O–H groups in total. The van der Waals surface area contributed by atoms with Crippen LogP contribution in [-0.4, -0.2) is 93.0 Å². The Kier molecular flexibility index (Phi) is 10.3. The lowest BCUT2D eigenvalue weighted by molar-refractivity contribution is -0.690. The van der Waals surface area contributed by atoms with Gasteiger partial charge in [-0.25, -0.2) is 19.0 Å². The third-order valence-electron chi connectivity index (χ3n) is 8.68. The Labute approximate surface area is 276 Å². The summed E-state index contributed by atoms with van der Waals surface area (Å²) in [6, 6.07) is -0.515. The second-order valence-electron chi connectivity index (χ2n) is 11.7. The molecule has 0 unspecified atom stereocenters. The highest BCUT2D eigenvalue weighted by Gasteiger charge is 2.60. The van der Waals surface area contributed by atoms with Crippen LogP contribution in [0.1, 0.15) is 37.9 Å². The Morgan fingerprint density at radius 1 is 1.22 bits per heavy atom. The van der Waals surface area contributed by atoms with Gasteiger partial charge in [0.25, 0.3) is 5.82 Å². The van der Waals surface area contributed by atoms with E-state index in [1.54, 1.807) is 30.1 Å². The fourth-order valence-electron chi connectivity index (χ4n) is 6.60. The van der Waals surface area contributed by atoms with Crippen molar-refractivity contribution in [2.24, 2.45) is 11.8 Å². The fraction of sp³-hybridized carbons (Fsp3) is 0.531. The number of rotatable bonds is 13. The van der Waals surface area contributed by atoms with Crippen LogP contribution < -0.4 is 4.57 Å². The number of imidazole rings is 1. The lowest BCUT2D eigenvalue weighted by Crippen LogP contribution is -2.63. The maximum absolute atomic E-state index is 13.2. The van der Waals surface area contributed by atoms with Crippen molar-refractivity contribution in [3.63, 3.8) is 0 Å². The lowest BCUT2D eigenvalue weighted by Gasteiger charge is -2.46. The van der Waals surface area contributed by atoms with Crippen LogP contribution in [0.25, 0.3) is 4.83 Å². The van der Waals surface area contributed by atoms with Crippen LogP contribution in [0.5, 0.6) is 0 Å². The first kappa shape index (κ1) is 33.7. The average molecular weight is 674 g/mol. The van der Waals surface area contributed by atoms with Crippen molar-refractivity contribution in [2.45, 2.75) is 70.5 Å². The highest BCUT2D eigenvalue weighted by atomic mass is 32.2. The number of thiazole rings is 1. The van der Waals surface area contributed by atoms with E-state index in [1.807, 2.05) is 35.2 Å². The van der Waals surface area contributed by atoms with Gasteiger partial charge in [-0.05, 0) is 20.3 Å². The second-order valence-corrected chi connectivity index (χ2v) is 14.2. The van der Waals surface area contributed by atoms with Gasteiger partial charge in [0, 0.05) is 42.0 Å². The number of nitrogens with zero attached hydrogens (tertiary/aromatic N) is 4. The molecule has 3 aliphatic heterocycles. The topological polar surface area (TPSA) is 131 Å². The number of likely N-dealkylation sites (tertiary alicyclic amines) is 1. The highest BCUT2D eigenvalue weighted by molar-refractivity contribution is 8.03. The Morgan fingerprint density at radius 2 is 1.93 bits per heavy atom. The van der Waals surface area contributed by atoms with E-state index in [0.29, 0.717) is 26.0 Å². The van der Waals surface area contributed by atoms with Crippen molar-refractivity contribution in [2.75, 3.05) is 26.4 Å². The number of aryl methyl sites for hydroxylation is 1. The van der Waals surface area contributed by atoms with Gasteiger partial charge in [0.1, 0.15) is 31.3 Å². The Hall–Kier alpha value is -3.62. The molecular formula is C32H41N4O8S2+. The number of aliphatic hydroxyl groups is 1. The predicted molar refractivity (Wildman–Crippen MR) is 172 cm³/mol. The van der Waals surface area contributed by atoms with E-state index in [0.717, 1.165) is 20.4 Å². The number of hydrogen-bond acceptors (Lipinski definition) is 10. The molecule has 3 aliphatic rings. The van der Waals surface area contributed by atoms with E-state index in [-0.39, 0.29) is 60.6 Å². The van der Waals surface area contributed by atoms with Crippen molar-refractivity contribution < 1.29 is 43.1 Å². The number of hydrogen-bond donors (Lipinski definition) is 1. The molecule has 0 aromatic carbocycles. The smallest absolute Gasteiger partial charge is 0.410 e. The van der Waals surface area contributed by atoms with Gasteiger partial charge in [0.2, 0.25) is 10.7 Å². The molecule has 6 atom stereocenters. The van der Waals surface area contributed by atoms with Gasteiger partial charge in [-0.1, -0.05) is 43.6 Å². The molecule has 248 valence electrons. The van der Waals surface area contributed by atoms with Crippen LogP contribution >= 0.6 is 23.1 Å². The monoisotopic (exact) mass is 673 g/mol. The molecule has 12 nitrogen and oxygen atoms in total. The maximum Gasteiger partial charge on any atom is 0.410 e. The summed E-state index contributed by atoms with van der Waals surface area (Å²) in [7, 11) is 0. The van der Waals surface area contributed by atoms with Crippen molar-refractivity contribution in [3.8, 4) is 0 Å². The second kappa shape index (κ2) is 14.0. The number of ether oxygens (including phenoxy) is 3. The van der Waals surface area contributed by atoms with Gasteiger partial charge < -0.3 is 29.1 Å². The molecule has 0 bridgehead atoms. The summed E-state index contributed by atoms with van der Waals surface area (Å²) in [5.74, 6) is -1.09. The number of aromatic nitrogens is 2. The molecule has 46 heavy (non-hydrogen) atoms. The number of β-lactam (4-membered cyclic amide) rings is 1. The number of amides is 2. The zero-order valence-corrected chi connectivity index (χ0v) is 28.2. The van der Waals surface area contributed by atoms with Crippen molar-refractivity contribution in [1.29, 1.82) is 0 Å². The van der Waals surface area contributed by atoms with Gasteiger partial charge in [-0.2, -0.15) is 4.40 Å². The summed E-state index contributed by atoms with van der Waals surface area (Å²) in [4.78, 5) is 57.5. The minimum absolute atomic E-state index is 0.00727. The molecule has 2 fully saturated rings. The Morgan fingerprint density at radius 3 is 2.59 bits per heavy atom. The minimum atomic E-state index is -0.849. The molecule has 0 radical (unpaired) electrons. The average Bonchev–Trinajstić information content (AvgIpc) is 3.73. The number of carbonyl (C=O) groups excluding carboxylic acids is 4. The first-order valence-electron chi connectivity index (χ1n) is 15.4. The summed E-state index contributed by atoms with van der Waals surface area (Å²) in [5, 5.41) is 10.2. The molecule has 2 aromatic heterocycles. The van der Waals surface area contributed by atoms with Gasteiger partial charge in [0.05, 0.1) is 29.5 Å². The highest BCUT2D eigenvalue weighted by Crippen LogP contribution is 2.52. The summed E-state index contributed by atoms with van der Waals surface area (Å²) >= 11 is 3.09. The molecule has 5 rings (SSSR count). The SMILES string of the molecule is C=CCOC(=O)C1=C(S[C@H]2C[C@@H](Cc3cn4c(C)[n+](CC(=O)OCC)cc4s3)N(C(=O)OCC=C)C2)[C@H](C)[C@@H]2[C@@H]([C@@H](C)O)C(=O)N12. The van der Waals surface area contributed by atoms with E-state index < -0.39 is 24.1 Å². The normalized spacial score (nSPS) is 24.5. The number of esters is 2. The Balaban J connectivity index is 1.38. The molecule has 2 saturated heterocycles. The van der Waals surface area contributed by atoms with Gasteiger partial charge in [-0.15, -0.1) is 11.8 Å². The van der Waals surface area contributed by atoms with Crippen LogP contribution in [-0.2, 0) is 41.6 Å². The van der Waals surface area contributed by atoms with Crippen LogP contribution in [0, 0.1) is 18.8 Å². The first-order valence-corrected chi connectivity index (χ1v) is 17.1. The van der Waals surface area contributed by atoms with Crippen molar-refractivity contribution >= 4 is 51.9 Å². The van der Waals surface area contributed by atoms with E-state index in [9.17, 15) is 24.3 Å². The quantitative estimate of drug-likeness (QED) is 0.112. The summed E-state index contributed by atoms with van der Waals surface area (Å²) < 4.78 is 19.8. The standard InChI is InChI=1S/C32H41N4O8S2/c1-7-10-43-31(40)28-29(18(4)27-26(19(5)37)30(39)36(27)28)46-23-13-21(35(15-23)32(41)44-11-8-2)12-22-14-34-20(6)33(16-24(34)45-22)17-25(38)42-9-3/h7-8,14,16,18-19,21,23,26-27,37H,1-2,9-13,15,17H2,3-6H3/q+1/t18-,19-,21-,23+,26-,27-/m1/s1. The summed E-state index contributed by atoms with van der Waals surface area (Å²) in [6.07, 6.45) is 6.89. The molecule has 5 heterocycles. The zero-order valence-electron chi connectivity index (χ0n) is 26.5. The maximum atomic E-state index is 13.2. The van der Waals surface area contributed by atoms with E-state index in [2.05, 4.69) is 13.2 Å². The molecule has 0 saturated carbocycles. The molecule has 2 amide bonds. The summed E-state index contributed by atoms with van der Waals surface area (Å²) in [6.45, 7) is 15.5. The van der Waals surface area contributed by atoms with Gasteiger partial charge in [0.15, 0.2) is 6.54 Å². The van der Waals surface area contributed by atoms with E-state index in [4.69, 9.17) is 14.2 Å². The number of fused-ring (bicyclic) bond motifs is 2. The number of carbonyl (C=O) groups is 4. The van der Waals surface area contributed by atoms with Crippen molar-refractivity contribution in [3.05, 3.63) is 59.0 Å². The Bertz CT molecular complexity index is 1580. The van der Waals surface area contributed by atoms with Crippen molar-refractivity contribution in [1.82, 2.24) is 14.2 Å². The molecule has 14 heteroatoms. The van der Waals surface area contributed by atoms with Crippen LogP contribution in [0.3, 0.4) is 0 Å². The predicted octanol–water partition coefficient (Wildman–Crippen LogP) is 3.00. The number of aliphatic hydroxyl groups excluding tert-OH is 1. The molecule has 0 spiro atoms. The lowest BCUT2D eigenvalue weighted by atomic mass is 9.79. The van der Waals surface area contributed by atoms with E-state index in [1.165, 1.54) is 28.8 Å². The van der Waals surface area contributed by atoms with Crippen LogP contribution in [0.15, 0.2) is 48.3 Å². The molecule has 2 aromatic rings. The van der Waals surface area contributed by atoms with Crippen LogP contribution in [0.4, 0.5) is 4.79 Å².